The van der Waals surface area contributed by atoms with Crippen molar-refractivity contribution >= 4 is 22.6 Å². The van der Waals surface area contributed by atoms with Gasteiger partial charge in [0, 0.05) is 18.0 Å². The predicted octanol–water partition coefficient (Wildman–Crippen LogP) is 2.36. The molecule has 1 amide bonds. The van der Waals surface area contributed by atoms with E-state index in [0.717, 1.165) is 0 Å². The zero-order chi connectivity index (χ0) is 14.1. The first-order valence-electron chi connectivity index (χ1n) is 5.99. The quantitative estimate of drug-likeness (QED) is 0.777. The minimum absolute atomic E-state index is 0.336. The molecule has 0 bridgehead atoms. The first kappa shape index (κ1) is 12.3. The summed E-state index contributed by atoms with van der Waals surface area (Å²) in [5.41, 5.74) is 0.394. The SMILES string of the molecule is Cn1ncnc1NC(=O)c1ccc(F)c2ccccc12. The van der Waals surface area contributed by atoms with Crippen molar-refractivity contribution in [3.8, 4) is 0 Å². The summed E-state index contributed by atoms with van der Waals surface area (Å²) in [6, 6.07) is 9.60. The predicted molar refractivity (Wildman–Crippen MR) is 72.9 cm³/mol. The lowest BCUT2D eigenvalue weighted by molar-refractivity contribution is 0.102. The van der Waals surface area contributed by atoms with Crippen molar-refractivity contribution in [1.29, 1.82) is 0 Å². The zero-order valence-corrected chi connectivity index (χ0v) is 10.7. The number of fused-ring (bicyclic) bond motifs is 1. The Balaban J connectivity index is 2.04. The van der Waals surface area contributed by atoms with Crippen LogP contribution >= 0.6 is 0 Å². The first-order valence-corrected chi connectivity index (χ1v) is 5.99. The maximum atomic E-state index is 13.7. The second-order valence-corrected chi connectivity index (χ2v) is 4.30. The molecule has 0 fully saturated rings. The Labute approximate surface area is 114 Å². The van der Waals surface area contributed by atoms with E-state index in [2.05, 4.69) is 15.4 Å². The largest absolute Gasteiger partial charge is 0.291 e. The van der Waals surface area contributed by atoms with Crippen LogP contribution < -0.4 is 5.32 Å². The lowest BCUT2D eigenvalue weighted by Crippen LogP contribution is -2.15. The highest BCUT2D eigenvalue weighted by Gasteiger charge is 2.14. The van der Waals surface area contributed by atoms with Crippen molar-refractivity contribution in [2.45, 2.75) is 0 Å². The molecule has 0 unspecified atom stereocenters. The normalized spacial score (nSPS) is 10.7. The molecule has 0 spiro atoms. The summed E-state index contributed by atoms with van der Waals surface area (Å²) >= 11 is 0. The fourth-order valence-electron chi connectivity index (χ4n) is 2.04. The molecule has 0 aliphatic carbocycles. The topological polar surface area (TPSA) is 59.8 Å². The Morgan fingerprint density at radius 1 is 1.20 bits per heavy atom. The van der Waals surface area contributed by atoms with Gasteiger partial charge in [-0.1, -0.05) is 24.3 Å². The van der Waals surface area contributed by atoms with Gasteiger partial charge in [0.1, 0.15) is 12.1 Å². The molecule has 3 aromatic rings. The average molecular weight is 270 g/mol. The van der Waals surface area contributed by atoms with E-state index in [1.807, 2.05) is 0 Å². The number of aryl methyl sites for hydroxylation is 1. The van der Waals surface area contributed by atoms with Crippen molar-refractivity contribution in [2.24, 2.45) is 7.05 Å². The van der Waals surface area contributed by atoms with Crippen molar-refractivity contribution in [1.82, 2.24) is 14.8 Å². The molecule has 100 valence electrons. The Kier molecular flexibility index (Phi) is 2.90. The third-order valence-electron chi connectivity index (χ3n) is 3.05. The Hall–Kier alpha value is -2.76. The third-order valence-corrected chi connectivity index (χ3v) is 3.05. The van der Waals surface area contributed by atoms with Crippen LogP contribution in [0.15, 0.2) is 42.7 Å². The Morgan fingerprint density at radius 3 is 2.65 bits per heavy atom. The molecule has 0 radical (unpaired) electrons. The van der Waals surface area contributed by atoms with Crippen LogP contribution in [0.3, 0.4) is 0 Å². The van der Waals surface area contributed by atoms with Crippen LogP contribution in [0.5, 0.6) is 0 Å². The first-order chi connectivity index (χ1) is 9.66. The second-order valence-electron chi connectivity index (χ2n) is 4.30. The highest BCUT2D eigenvalue weighted by molar-refractivity contribution is 6.12. The van der Waals surface area contributed by atoms with Crippen LogP contribution in [0, 0.1) is 5.82 Å². The lowest BCUT2D eigenvalue weighted by Gasteiger charge is -2.07. The Bertz CT molecular complexity index is 797. The van der Waals surface area contributed by atoms with Gasteiger partial charge < -0.3 is 0 Å². The minimum atomic E-state index is -0.351. The van der Waals surface area contributed by atoms with Crippen LogP contribution in [-0.2, 0) is 7.05 Å². The molecule has 1 heterocycles. The maximum Gasteiger partial charge on any atom is 0.258 e. The molecular weight excluding hydrogens is 259 g/mol. The molecule has 5 nitrogen and oxygen atoms in total. The zero-order valence-electron chi connectivity index (χ0n) is 10.7. The number of anilines is 1. The van der Waals surface area contributed by atoms with Gasteiger partial charge in [-0.05, 0) is 17.5 Å². The van der Waals surface area contributed by atoms with E-state index < -0.39 is 0 Å². The van der Waals surface area contributed by atoms with E-state index in [9.17, 15) is 9.18 Å². The van der Waals surface area contributed by atoms with E-state index in [1.165, 1.54) is 23.1 Å². The van der Waals surface area contributed by atoms with Gasteiger partial charge in [0.15, 0.2) is 0 Å². The van der Waals surface area contributed by atoms with Gasteiger partial charge in [0.25, 0.3) is 5.91 Å². The molecule has 0 aliphatic heterocycles. The number of carbonyl (C=O) groups excluding carboxylic acids is 1. The number of halogens is 1. The van der Waals surface area contributed by atoms with Crippen molar-refractivity contribution in [3.63, 3.8) is 0 Å². The standard InChI is InChI=1S/C14H11FN4O/c1-19-14(16-8-17-19)18-13(20)11-6-7-12(15)10-5-3-2-4-9(10)11/h2-8H,1H3,(H,16,17,18,20). The van der Waals surface area contributed by atoms with Crippen molar-refractivity contribution in [2.75, 3.05) is 5.32 Å². The fraction of sp³-hybridized carbons (Fsp3) is 0.0714. The van der Waals surface area contributed by atoms with Crippen molar-refractivity contribution in [3.05, 3.63) is 54.1 Å². The van der Waals surface area contributed by atoms with E-state index >= 15 is 0 Å². The molecule has 2 aromatic carbocycles. The summed E-state index contributed by atoms with van der Waals surface area (Å²) < 4.78 is 15.2. The monoisotopic (exact) mass is 270 g/mol. The van der Waals surface area contributed by atoms with Crippen LogP contribution in [0.25, 0.3) is 10.8 Å². The average Bonchev–Trinajstić information content (AvgIpc) is 2.85. The number of aromatic nitrogens is 3. The van der Waals surface area contributed by atoms with E-state index in [-0.39, 0.29) is 11.7 Å². The van der Waals surface area contributed by atoms with Gasteiger partial charge in [-0.25, -0.2) is 9.07 Å². The molecule has 3 rings (SSSR count). The summed E-state index contributed by atoms with van der Waals surface area (Å²) in [7, 11) is 1.67. The van der Waals surface area contributed by atoms with Crippen LogP contribution in [0.2, 0.25) is 0 Å². The molecule has 0 saturated heterocycles. The number of hydrogen-bond acceptors (Lipinski definition) is 3. The molecule has 0 aliphatic rings. The van der Waals surface area contributed by atoms with Gasteiger partial charge in [0.2, 0.25) is 5.95 Å². The molecule has 1 aromatic heterocycles. The van der Waals surface area contributed by atoms with Crippen LogP contribution in [0.1, 0.15) is 10.4 Å². The van der Waals surface area contributed by atoms with E-state index in [1.54, 1.807) is 31.3 Å². The highest BCUT2D eigenvalue weighted by Crippen LogP contribution is 2.22. The van der Waals surface area contributed by atoms with Crippen LogP contribution in [-0.4, -0.2) is 20.7 Å². The molecule has 6 heteroatoms. The van der Waals surface area contributed by atoms with Gasteiger partial charge in [0.05, 0.1) is 0 Å². The van der Waals surface area contributed by atoms with Crippen LogP contribution in [0.4, 0.5) is 10.3 Å². The summed E-state index contributed by atoms with van der Waals surface area (Å²) in [6.07, 6.45) is 1.35. The Morgan fingerprint density at radius 2 is 1.95 bits per heavy atom. The smallest absolute Gasteiger partial charge is 0.258 e. The molecule has 20 heavy (non-hydrogen) atoms. The van der Waals surface area contributed by atoms with E-state index in [4.69, 9.17) is 0 Å². The second kappa shape index (κ2) is 4.73. The number of amides is 1. The third kappa shape index (κ3) is 2.01. The number of nitrogens with one attached hydrogen (secondary N) is 1. The van der Waals surface area contributed by atoms with Crippen molar-refractivity contribution < 1.29 is 9.18 Å². The van der Waals surface area contributed by atoms with Gasteiger partial charge in [-0.15, -0.1) is 0 Å². The number of hydrogen-bond donors (Lipinski definition) is 1. The summed E-state index contributed by atoms with van der Waals surface area (Å²) in [4.78, 5) is 16.2. The summed E-state index contributed by atoms with van der Waals surface area (Å²) in [5.74, 6) is -0.364. The van der Waals surface area contributed by atoms with E-state index in [0.29, 0.717) is 22.3 Å². The molecule has 0 atom stereocenters. The highest BCUT2D eigenvalue weighted by atomic mass is 19.1. The number of nitrogens with zero attached hydrogens (tertiary/aromatic N) is 3. The fourth-order valence-corrected chi connectivity index (χ4v) is 2.04. The molecule has 0 saturated carbocycles. The van der Waals surface area contributed by atoms with Gasteiger partial charge >= 0.3 is 0 Å². The number of rotatable bonds is 2. The summed E-state index contributed by atoms with van der Waals surface area (Å²) in [5, 5.41) is 7.49. The lowest BCUT2D eigenvalue weighted by atomic mass is 10.0. The minimum Gasteiger partial charge on any atom is -0.291 e. The number of carbonyl (C=O) groups is 1. The molecular formula is C14H11FN4O. The molecule has 1 N–H and O–H groups in total. The van der Waals surface area contributed by atoms with Gasteiger partial charge in [-0.2, -0.15) is 10.1 Å². The number of benzene rings is 2. The van der Waals surface area contributed by atoms with Gasteiger partial charge in [-0.3, -0.25) is 10.1 Å². The summed E-state index contributed by atoms with van der Waals surface area (Å²) in [6.45, 7) is 0. The maximum absolute atomic E-state index is 13.7.